The third kappa shape index (κ3) is 4.88. The third-order valence-electron chi connectivity index (χ3n) is 4.43. The van der Waals surface area contributed by atoms with E-state index in [0.717, 1.165) is 52.1 Å². The highest BCUT2D eigenvalue weighted by molar-refractivity contribution is 5.97. The van der Waals surface area contributed by atoms with E-state index >= 15 is 0 Å². The number of hydrogen-bond acceptors (Lipinski definition) is 4. The van der Waals surface area contributed by atoms with Crippen molar-refractivity contribution in [2.24, 2.45) is 0 Å². The zero-order valence-corrected chi connectivity index (χ0v) is 16.7. The van der Waals surface area contributed by atoms with Crippen molar-refractivity contribution in [1.29, 1.82) is 0 Å². The first-order chi connectivity index (χ1) is 12.3. The minimum atomic E-state index is -0.0797. The van der Waals surface area contributed by atoms with E-state index in [0.29, 0.717) is 13.2 Å². The number of hydrogen-bond donors (Lipinski definition) is 1. The predicted octanol–water partition coefficient (Wildman–Crippen LogP) is 3.92. The first-order valence-corrected chi connectivity index (χ1v) is 9.11. The Morgan fingerprint density at radius 3 is 2.69 bits per heavy atom. The van der Waals surface area contributed by atoms with Crippen molar-refractivity contribution in [3.8, 4) is 5.75 Å². The van der Waals surface area contributed by atoms with E-state index in [2.05, 4.69) is 16.3 Å². The molecule has 1 heterocycles. The van der Waals surface area contributed by atoms with Crippen LogP contribution >= 0.6 is 0 Å². The molecule has 0 saturated carbocycles. The molecule has 142 valence electrons. The van der Waals surface area contributed by atoms with Crippen molar-refractivity contribution in [2.45, 2.75) is 34.1 Å². The molecule has 0 radical (unpaired) electrons. The first-order valence-electron chi connectivity index (χ1n) is 9.11. The zero-order valence-electron chi connectivity index (χ0n) is 16.7. The Kier molecular flexibility index (Phi) is 6.86. The second-order valence-corrected chi connectivity index (χ2v) is 6.84. The van der Waals surface area contributed by atoms with Gasteiger partial charge in [-0.1, -0.05) is 0 Å². The minimum Gasteiger partial charge on any atom is -0.493 e. The van der Waals surface area contributed by atoms with Gasteiger partial charge in [0.2, 0.25) is 5.91 Å². The van der Waals surface area contributed by atoms with Gasteiger partial charge < -0.3 is 19.4 Å². The van der Waals surface area contributed by atoms with Crippen molar-refractivity contribution in [3.05, 3.63) is 35.1 Å². The minimum absolute atomic E-state index is 0.0797. The smallest absolute Gasteiger partial charge is 0.244 e. The highest BCUT2D eigenvalue weighted by atomic mass is 16.5. The van der Waals surface area contributed by atoms with E-state index in [-0.39, 0.29) is 5.91 Å². The van der Waals surface area contributed by atoms with Gasteiger partial charge in [0.1, 0.15) is 17.1 Å². The number of furan rings is 1. The molecular formula is C21H30N2O3. The summed E-state index contributed by atoms with van der Waals surface area (Å²) < 4.78 is 11.6. The predicted molar refractivity (Wildman–Crippen MR) is 107 cm³/mol. The van der Waals surface area contributed by atoms with Gasteiger partial charge in [-0.05, 0) is 72.0 Å². The molecule has 2 aromatic rings. The number of carbonyl (C=O) groups is 1. The molecule has 26 heavy (non-hydrogen) atoms. The average Bonchev–Trinajstić information content (AvgIpc) is 2.85. The van der Waals surface area contributed by atoms with E-state index in [1.807, 2.05) is 47.9 Å². The van der Waals surface area contributed by atoms with Crippen molar-refractivity contribution in [1.82, 2.24) is 10.2 Å². The molecule has 1 N–H and O–H groups in total. The number of carbonyl (C=O) groups excluding carboxylic acids is 1. The van der Waals surface area contributed by atoms with Crippen LogP contribution in [0.4, 0.5) is 0 Å². The Morgan fingerprint density at radius 1 is 1.31 bits per heavy atom. The number of amides is 1. The Hall–Kier alpha value is -2.27. The van der Waals surface area contributed by atoms with Crippen LogP contribution in [0, 0.1) is 13.8 Å². The molecule has 0 fully saturated rings. The molecule has 0 aliphatic heterocycles. The quantitative estimate of drug-likeness (QED) is 0.574. The molecule has 0 aliphatic rings. The van der Waals surface area contributed by atoms with Gasteiger partial charge in [-0.2, -0.15) is 0 Å². The fourth-order valence-electron chi connectivity index (χ4n) is 2.89. The summed E-state index contributed by atoms with van der Waals surface area (Å²) in [5.74, 6) is 1.56. The van der Waals surface area contributed by atoms with Crippen molar-refractivity contribution in [2.75, 3.05) is 33.8 Å². The molecule has 0 spiro atoms. The molecule has 2 rings (SSSR count). The van der Waals surface area contributed by atoms with Crippen LogP contribution in [0.2, 0.25) is 0 Å². The van der Waals surface area contributed by atoms with Crippen molar-refractivity contribution >= 4 is 22.4 Å². The van der Waals surface area contributed by atoms with Crippen LogP contribution in [-0.2, 0) is 4.79 Å². The summed E-state index contributed by atoms with van der Waals surface area (Å²) in [7, 11) is 4.05. The average molecular weight is 358 g/mol. The molecule has 0 saturated heterocycles. The summed E-state index contributed by atoms with van der Waals surface area (Å²) in [6.45, 7) is 10.1. The number of aryl methyl sites for hydroxylation is 2. The number of fused-ring (bicyclic) bond motifs is 1. The molecule has 0 bridgehead atoms. The number of nitrogens with one attached hydrogen (secondary N) is 1. The van der Waals surface area contributed by atoms with Gasteiger partial charge in [-0.3, -0.25) is 4.79 Å². The van der Waals surface area contributed by atoms with Gasteiger partial charge >= 0.3 is 0 Å². The number of benzene rings is 1. The van der Waals surface area contributed by atoms with Crippen LogP contribution < -0.4 is 10.1 Å². The standard InChI is InChI=1S/C21H30N2O3/c1-7-25-19-13-20-18(15(3)16(4)26-20)12-17(19)14(2)11-21(24)22-9-8-10-23(5)6/h11-13H,7-10H2,1-6H3,(H,22,24)/b14-11+. The van der Waals surface area contributed by atoms with Gasteiger partial charge in [-0.25, -0.2) is 0 Å². The van der Waals surface area contributed by atoms with Crippen LogP contribution in [0.5, 0.6) is 5.75 Å². The molecule has 5 heteroatoms. The summed E-state index contributed by atoms with van der Waals surface area (Å²) in [6.07, 6.45) is 2.57. The molecular weight excluding hydrogens is 328 g/mol. The molecule has 0 unspecified atom stereocenters. The largest absolute Gasteiger partial charge is 0.493 e. The van der Waals surface area contributed by atoms with Crippen molar-refractivity contribution in [3.63, 3.8) is 0 Å². The molecule has 0 aliphatic carbocycles. The number of rotatable bonds is 8. The van der Waals surface area contributed by atoms with E-state index < -0.39 is 0 Å². The van der Waals surface area contributed by atoms with Crippen LogP contribution in [0.1, 0.15) is 37.2 Å². The Balaban J connectivity index is 2.24. The summed E-state index contributed by atoms with van der Waals surface area (Å²) in [5, 5.41) is 4.00. The maximum Gasteiger partial charge on any atom is 0.244 e. The highest BCUT2D eigenvalue weighted by Crippen LogP contribution is 2.34. The first kappa shape index (κ1) is 20.0. The lowest BCUT2D eigenvalue weighted by molar-refractivity contribution is -0.116. The van der Waals surface area contributed by atoms with E-state index in [1.54, 1.807) is 6.08 Å². The van der Waals surface area contributed by atoms with E-state index in [4.69, 9.17) is 9.15 Å². The summed E-state index contributed by atoms with van der Waals surface area (Å²) in [5.41, 5.74) is 3.73. The molecule has 0 atom stereocenters. The summed E-state index contributed by atoms with van der Waals surface area (Å²) in [6, 6.07) is 3.97. The normalized spacial score (nSPS) is 12.0. The van der Waals surface area contributed by atoms with Gasteiger partial charge in [0, 0.05) is 29.6 Å². The maximum atomic E-state index is 12.2. The Bertz CT molecular complexity index is 803. The van der Waals surface area contributed by atoms with E-state index in [9.17, 15) is 4.79 Å². The fraction of sp³-hybridized carbons (Fsp3) is 0.476. The fourth-order valence-corrected chi connectivity index (χ4v) is 2.89. The monoisotopic (exact) mass is 358 g/mol. The number of ether oxygens (including phenoxy) is 1. The van der Waals surface area contributed by atoms with Gasteiger partial charge in [0.25, 0.3) is 0 Å². The van der Waals surface area contributed by atoms with Crippen LogP contribution in [0.15, 0.2) is 22.6 Å². The van der Waals surface area contributed by atoms with Gasteiger partial charge in [0.15, 0.2) is 0 Å². The van der Waals surface area contributed by atoms with Gasteiger partial charge in [0.05, 0.1) is 6.61 Å². The van der Waals surface area contributed by atoms with Gasteiger partial charge in [-0.15, -0.1) is 0 Å². The molecule has 1 aromatic heterocycles. The second kappa shape index (κ2) is 8.90. The lowest BCUT2D eigenvalue weighted by atomic mass is 10.0. The third-order valence-corrected chi connectivity index (χ3v) is 4.43. The summed E-state index contributed by atoms with van der Waals surface area (Å²) in [4.78, 5) is 14.3. The zero-order chi connectivity index (χ0) is 19.3. The maximum absolute atomic E-state index is 12.2. The number of nitrogens with zero attached hydrogens (tertiary/aromatic N) is 1. The topological polar surface area (TPSA) is 54.7 Å². The Labute approximate surface area is 156 Å². The molecule has 1 amide bonds. The highest BCUT2D eigenvalue weighted by Gasteiger charge is 2.14. The van der Waals surface area contributed by atoms with Crippen molar-refractivity contribution < 1.29 is 13.9 Å². The lowest BCUT2D eigenvalue weighted by Gasteiger charge is -2.12. The van der Waals surface area contributed by atoms with Crippen LogP contribution in [0.3, 0.4) is 0 Å². The lowest BCUT2D eigenvalue weighted by Crippen LogP contribution is -2.25. The second-order valence-electron chi connectivity index (χ2n) is 6.84. The van der Waals surface area contributed by atoms with Crippen LogP contribution in [0.25, 0.3) is 16.5 Å². The van der Waals surface area contributed by atoms with Crippen LogP contribution in [-0.4, -0.2) is 44.6 Å². The molecule has 5 nitrogen and oxygen atoms in total. The number of allylic oxidation sites excluding steroid dienone is 1. The Morgan fingerprint density at radius 2 is 2.04 bits per heavy atom. The van der Waals surface area contributed by atoms with E-state index in [1.165, 1.54) is 0 Å². The summed E-state index contributed by atoms with van der Waals surface area (Å²) >= 11 is 0. The SMILES string of the molecule is CCOc1cc2oc(C)c(C)c2cc1/C(C)=C/C(=O)NCCCN(C)C. The molecule has 1 aromatic carbocycles.